The van der Waals surface area contributed by atoms with E-state index < -0.39 is 0 Å². The van der Waals surface area contributed by atoms with Gasteiger partial charge in [0.25, 0.3) is 5.91 Å². The summed E-state index contributed by atoms with van der Waals surface area (Å²) in [5, 5.41) is 0.512. The summed E-state index contributed by atoms with van der Waals surface area (Å²) in [6, 6.07) is 7.35. The molecular weight excluding hydrogens is 368 g/mol. The first-order valence-electron chi connectivity index (χ1n) is 9.20. The lowest BCUT2D eigenvalue weighted by Crippen LogP contribution is -2.41. The minimum atomic E-state index is -0.118. The third kappa shape index (κ3) is 3.70. The fourth-order valence-corrected chi connectivity index (χ4v) is 4.03. The van der Waals surface area contributed by atoms with E-state index in [1.165, 1.54) is 0 Å². The standard InChI is InChI=1S/C20H23ClN2O4/c1-25-18-13-17(22-6-2-3-7-22)16(21)12-15(18)19(24)23-8-4-14(5-9-23)20-26-10-11-27-20/h2-3,6-7,12-14,20H,4-5,8-11H2,1H3. The zero-order chi connectivity index (χ0) is 18.8. The van der Waals surface area contributed by atoms with Crippen molar-refractivity contribution in [3.8, 4) is 11.4 Å². The van der Waals surface area contributed by atoms with E-state index in [0.717, 1.165) is 18.5 Å². The van der Waals surface area contributed by atoms with Crippen LogP contribution in [0, 0.1) is 5.92 Å². The molecule has 144 valence electrons. The molecule has 0 N–H and O–H groups in total. The summed E-state index contributed by atoms with van der Waals surface area (Å²) >= 11 is 6.46. The van der Waals surface area contributed by atoms with E-state index in [1.807, 2.05) is 40.1 Å². The quantitative estimate of drug-likeness (QED) is 0.803. The van der Waals surface area contributed by atoms with Crippen molar-refractivity contribution >= 4 is 17.5 Å². The highest BCUT2D eigenvalue weighted by Gasteiger charge is 2.32. The van der Waals surface area contributed by atoms with Crippen LogP contribution in [0.2, 0.25) is 5.02 Å². The molecule has 0 bridgehead atoms. The second-order valence-corrected chi connectivity index (χ2v) is 7.24. The Bertz CT molecular complexity index is 795. The molecule has 0 atom stereocenters. The first kappa shape index (κ1) is 18.3. The van der Waals surface area contributed by atoms with Gasteiger partial charge in [-0.05, 0) is 31.0 Å². The molecule has 2 saturated heterocycles. The largest absolute Gasteiger partial charge is 0.496 e. The van der Waals surface area contributed by atoms with Gasteiger partial charge >= 0.3 is 0 Å². The van der Waals surface area contributed by atoms with Crippen LogP contribution < -0.4 is 4.74 Å². The molecule has 4 rings (SSSR count). The van der Waals surface area contributed by atoms with Gasteiger partial charge < -0.3 is 23.7 Å². The van der Waals surface area contributed by atoms with Crippen molar-refractivity contribution in [2.24, 2.45) is 5.92 Å². The van der Waals surface area contributed by atoms with Gasteiger partial charge in [0.1, 0.15) is 5.75 Å². The number of carbonyl (C=O) groups is 1. The minimum Gasteiger partial charge on any atom is -0.496 e. The first-order chi connectivity index (χ1) is 13.2. The van der Waals surface area contributed by atoms with Crippen molar-refractivity contribution in [1.29, 1.82) is 0 Å². The summed E-state index contributed by atoms with van der Waals surface area (Å²) in [6.07, 6.45) is 5.43. The molecule has 1 amide bonds. The number of amides is 1. The van der Waals surface area contributed by atoms with Crippen LogP contribution in [0.1, 0.15) is 23.2 Å². The summed E-state index contributed by atoms with van der Waals surface area (Å²) in [5.74, 6) is 0.815. The predicted molar refractivity (Wildman–Crippen MR) is 102 cm³/mol. The van der Waals surface area contributed by atoms with Crippen molar-refractivity contribution in [3.63, 3.8) is 0 Å². The molecule has 1 aromatic carbocycles. The second kappa shape index (κ2) is 7.92. The van der Waals surface area contributed by atoms with Crippen molar-refractivity contribution in [2.75, 3.05) is 33.4 Å². The lowest BCUT2D eigenvalue weighted by Gasteiger charge is -2.34. The predicted octanol–water partition coefficient (Wildman–Crippen LogP) is 3.36. The average molecular weight is 391 g/mol. The number of hydrogen-bond acceptors (Lipinski definition) is 4. The number of hydrogen-bond donors (Lipinski definition) is 0. The lowest BCUT2D eigenvalue weighted by atomic mass is 9.95. The zero-order valence-corrected chi connectivity index (χ0v) is 16.0. The molecular formula is C20H23ClN2O4. The molecule has 2 aliphatic heterocycles. The molecule has 0 aliphatic carbocycles. The Morgan fingerprint density at radius 1 is 1.15 bits per heavy atom. The number of methoxy groups -OCH3 is 1. The first-order valence-corrected chi connectivity index (χ1v) is 9.58. The molecule has 0 unspecified atom stereocenters. The molecule has 0 spiro atoms. The van der Waals surface area contributed by atoms with Crippen LogP contribution in [0.5, 0.6) is 5.75 Å². The van der Waals surface area contributed by atoms with E-state index in [0.29, 0.717) is 48.6 Å². The topological polar surface area (TPSA) is 52.9 Å². The number of benzene rings is 1. The highest BCUT2D eigenvalue weighted by Crippen LogP contribution is 2.32. The Morgan fingerprint density at radius 2 is 1.81 bits per heavy atom. The summed E-state index contributed by atoms with van der Waals surface area (Å²) in [4.78, 5) is 14.9. The van der Waals surface area contributed by atoms with E-state index in [2.05, 4.69) is 0 Å². The van der Waals surface area contributed by atoms with Crippen molar-refractivity contribution in [1.82, 2.24) is 9.47 Å². The van der Waals surface area contributed by atoms with Crippen LogP contribution in [-0.2, 0) is 9.47 Å². The van der Waals surface area contributed by atoms with Gasteiger partial charge in [-0.1, -0.05) is 11.6 Å². The molecule has 3 heterocycles. The van der Waals surface area contributed by atoms with Crippen molar-refractivity contribution < 1.29 is 19.0 Å². The Morgan fingerprint density at radius 3 is 2.44 bits per heavy atom. The number of piperidine rings is 1. The van der Waals surface area contributed by atoms with Gasteiger partial charge in [0.05, 0.1) is 36.6 Å². The normalized spacial score (nSPS) is 18.8. The van der Waals surface area contributed by atoms with Crippen LogP contribution >= 0.6 is 11.6 Å². The Labute approximate surface area is 163 Å². The fourth-order valence-electron chi connectivity index (χ4n) is 3.77. The third-order valence-electron chi connectivity index (χ3n) is 5.24. The van der Waals surface area contributed by atoms with Crippen LogP contribution in [-0.4, -0.2) is 55.1 Å². The zero-order valence-electron chi connectivity index (χ0n) is 15.3. The molecule has 2 fully saturated rings. The number of ether oxygens (including phenoxy) is 3. The van der Waals surface area contributed by atoms with Crippen LogP contribution in [0.15, 0.2) is 36.7 Å². The molecule has 6 nitrogen and oxygen atoms in total. The molecule has 0 saturated carbocycles. The fraction of sp³-hybridized carbons (Fsp3) is 0.450. The van der Waals surface area contributed by atoms with Crippen molar-refractivity contribution in [2.45, 2.75) is 19.1 Å². The summed E-state index contributed by atoms with van der Waals surface area (Å²) < 4.78 is 18.6. The number of rotatable bonds is 4. The van der Waals surface area contributed by atoms with Gasteiger partial charge in [-0.15, -0.1) is 0 Å². The van der Waals surface area contributed by atoms with Gasteiger partial charge in [-0.3, -0.25) is 4.79 Å². The van der Waals surface area contributed by atoms with E-state index in [-0.39, 0.29) is 12.2 Å². The SMILES string of the molecule is COc1cc(-n2cccc2)c(Cl)cc1C(=O)N1CCC(C2OCCO2)CC1. The maximum Gasteiger partial charge on any atom is 0.257 e. The van der Waals surface area contributed by atoms with Crippen molar-refractivity contribution in [3.05, 3.63) is 47.2 Å². The van der Waals surface area contributed by atoms with E-state index in [1.54, 1.807) is 13.2 Å². The number of likely N-dealkylation sites (tertiary alicyclic amines) is 1. The Kier molecular flexibility index (Phi) is 5.38. The average Bonchev–Trinajstić information content (AvgIpc) is 3.41. The van der Waals surface area contributed by atoms with Gasteiger partial charge in [0, 0.05) is 37.5 Å². The maximum absolute atomic E-state index is 13.1. The van der Waals surface area contributed by atoms with Gasteiger partial charge in [-0.25, -0.2) is 0 Å². The van der Waals surface area contributed by atoms with Crippen LogP contribution in [0.25, 0.3) is 5.69 Å². The second-order valence-electron chi connectivity index (χ2n) is 6.83. The maximum atomic E-state index is 13.1. The van der Waals surface area contributed by atoms with Crippen LogP contribution in [0.4, 0.5) is 0 Å². The molecule has 7 heteroatoms. The third-order valence-corrected chi connectivity index (χ3v) is 5.54. The monoisotopic (exact) mass is 390 g/mol. The lowest BCUT2D eigenvalue weighted by molar-refractivity contribution is -0.0956. The van der Waals surface area contributed by atoms with E-state index in [9.17, 15) is 4.79 Å². The summed E-state index contributed by atoms with van der Waals surface area (Å²) in [6.45, 7) is 2.67. The van der Waals surface area contributed by atoms with Gasteiger partial charge in [0.2, 0.25) is 0 Å². The van der Waals surface area contributed by atoms with Crippen LogP contribution in [0.3, 0.4) is 0 Å². The molecule has 1 aromatic heterocycles. The smallest absolute Gasteiger partial charge is 0.257 e. The molecule has 2 aliphatic rings. The Balaban J connectivity index is 1.51. The molecule has 2 aromatic rings. The van der Waals surface area contributed by atoms with E-state index >= 15 is 0 Å². The minimum absolute atomic E-state index is 0.0560. The number of aromatic nitrogens is 1. The summed E-state index contributed by atoms with van der Waals surface area (Å²) in [5.41, 5.74) is 1.27. The Hall–Kier alpha value is -2.02. The molecule has 0 radical (unpaired) electrons. The van der Waals surface area contributed by atoms with Gasteiger partial charge in [-0.2, -0.15) is 0 Å². The number of halogens is 1. The molecule has 27 heavy (non-hydrogen) atoms. The highest BCUT2D eigenvalue weighted by molar-refractivity contribution is 6.33. The number of nitrogens with zero attached hydrogens (tertiary/aromatic N) is 2. The number of carbonyl (C=O) groups excluding carboxylic acids is 1. The van der Waals surface area contributed by atoms with Gasteiger partial charge in [0.15, 0.2) is 6.29 Å². The highest BCUT2D eigenvalue weighted by atomic mass is 35.5. The van der Waals surface area contributed by atoms with E-state index in [4.69, 9.17) is 25.8 Å². The summed E-state index contributed by atoms with van der Waals surface area (Å²) in [7, 11) is 1.57.